The van der Waals surface area contributed by atoms with Crippen LogP contribution >= 0.6 is 0 Å². The number of esters is 1. The molecule has 2 fully saturated rings. The summed E-state index contributed by atoms with van der Waals surface area (Å²) in [6.45, 7) is 9.76. The highest BCUT2D eigenvalue weighted by Crippen LogP contribution is 2.33. The fraction of sp³-hybridized carbons (Fsp3) is 0.511. The first kappa shape index (κ1) is 48.2. The number of carbonyl (C=O) groups is 6. The molecule has 18 heteroatoms. The van der Waals surface area contributed by atoms with Crippen LogP contribution in [0.25, 0.3) is 5.70 Å². The number of nitrogens with zero attached hydrogens (tertiary/aromatic N) is 4. The summed E-state index contributed by atoms with van der Waals surface area (Å²) in [5, 5.41) is 6.16. The van der Waals surface area contributed by atoms with Gasteiger partial charge in [-0.3, -0.25) is 28.9 Å². The smallest absolute Gasteiger partial charge is 0.410 e. The molecule has 0 aliphatic carbocycles. The van der Waals surface area contributed by atoms with Gasteiger partial charge in [-0.05, 0) is 69.7 Å². The predicted molar refractivity (Wildman–Crippen MR) is 226 cm³/mol. The molecule has 6 rings (SSSR count). The Morgan fingerprint density at radius 3 is 2.35 bits per heavy atom. The summed E-state index contributed by atoms with van der Waals surface area (Å²) < 4.78 is 50.0. The van der Waals surface area contributed by atoms with E-state index in [0.29, 0.717) is 51.5 Å². The van der Waals surface area contributed by atoms with E-state index in [2.05, 4.69) is 10.6 Å². The van der Waals surface area contributed by atoms with Gasteiger partial charge in [0.15, 0.2) is 6.61 Å². The van der Waals surface area contributed by atoms with E-state index in [1.54, 1.807) is 43.8 Å². The molecule has 0 spiro atoms. The van der Waals surface area contributed by atoms with Gasteiger partial charge < -0.3 is 44.3 Å². The van der Waals surface area contributed by atoms with Gasteiger partial charge in [0.1, 0.15) is 23.4 Å². The number of likely N-dealkylation sites (N-methyl/N-ethyl adjacent to an activating group) is 1. The van der Waals surface area contributed by atoms with E-state index in [0.717, 1.165) is 41.5 Å². The van der Waals surface area contributed by atoms with Crippen LogP contribution in [0, 0.1) is 23.5 Å². The minimum Gasteiger partial charge on any atom is -0.456 e. The lowest BCUT2D eigenvalue weighted by molar-refractivity contribution is -0.152. The zero-order chi connectivity index (χ0) is 45.7. The molecule has 342 valence electrons. The Kier molecular flexibility index (Phi) is 17.2. The number of amides is 5. The summed E-state index contributed by atoms with van der Waals surface area (Å²) in [5.74, 6) is -2.95. The van der Waals surface area contributed by atoms with Crippen LogP contribution in [0.4, 0.5) is 13.6 Å². The maximum absolute atomic E-state index is 14.7. The van der Waals surface area contributed by atoms with Crippen LogP contribution < -0.4 is 10.6 Å². The number of likely N-dealkylation sites (tertiary alicyclic amines) is 1. The van der Waals surface area contributed by atoms with E-state index in [-0.39, 0.29) is 73.4 Å². The molecule has 4 heterocycles. The Balaban J connectivity index is 0.000000248. The molecule has 0 radical (unpaired) electrons. The standard InChI is InChI=1S/C27H31F2N3O4.C18H27N3O6/c1-18(33)36-17-25(34)31(2)26(20-10-12-35-13-11-20)27-30-24(22-14-21(28)8-9-23(22)29)16-32(27)15-19-6-4-3-5-7-19;1-18(2,3)27-17(25)20-8-6-13(12-20)16(24)19-7-10-26-11-9-21-14(22)4-5-15(21)23/h3-9,14,16,20,26-27,30H,10-13,15,17H2,1-2H3;4-5,13H,6-12H2,1-3H3,(H,19,24). The average molecular weight is 881 g/mol. The van der Waals surface area contributed by atoms with Crippen molar-refractivity contribution < 1.29 is 56.5 Å². The second-order valence-electron chi connectivity index (χ2n) is 16.6. The highest BCUT2D eigenvalue weighted by molar-refractivity contribution is 6.12. The Bertz CT molecular complexity index is 1990. The SMILES string of the molecule is CC(=O)OCC(=O)N(C)C(C1CCOCC1)C1NC(c2cc(F)ccc2F)=CN1Cc1ccccc1.CC(C)(C)OC(=O)N1CCC(C(=O)NCCOCCN2C(=O)C=CC2=O)C1. The second kappa shape index (κ2) is 22.5. The third-order valence-electron chi connectivity index (χ3n) is 10.8. The normalized spacial score (nSPS) is 19.2. The fourth-order valence-corrected chi connectivity index (χ4v) is 7.64. The van der Waals surface area contributed by atoms with Crippen molar-refractivity contribution in [1.29, 1.82) is 0 Å². The van der Waals surface area contributed by atoms with Crippen LogP contribution in [0.15, 0.2) is 66.9 Å². The van der Waals surface area contributed by atoms with Gasteiger partial charge in [-0.2, -0.15) is 0 Å². The number of imide groups is 1. The lowest BCUT2D eigenvalue weighted by atomic mass is 9.88. The molecule has 63 heavy (non-hydrogen) atoms. The molecular formula is C45H58F2N6O10. The first-order valence-electron chi connectivity index (χ1n) is 21.1. The van der Waals surface area contributed by atoms with Crippen LogP contribution in [0.2, 0.25) is 0 Å². The van der Waals surface area contributed by atoms with Crippen molar-refractivity contribution in [3.63, 3.8) is 0 Å². The first-order chi connectivity index (χ1) is 30.0. The van der Waals surface area contributed by atoms with Crippen molar-refractivity contribution in [3.05, 3.63) is 89.6 Å². The molecule has 16 nitrogen and oxygen atoms in total. The van der Waals surface area contributed by atoms with Crippen molar-refractivity contribution in [2.24, 2.45) is 11.8 Å². The van der Waals surface area contributed by atoms with E-state index in [1.165, 1.54) is 19.1 Å². The highest BCUT2D eigenvalue weighted by Gasteiger charge is 2.42. The largest absolute Gasteiger partial charge is 0.456 e. The number of rotatable bonds is 15. The van der Waals surface area contributed by atoms with Gasteiger partial charge in [0, 0.05) is 77.3 Å². The van der Waals surface area contributed by atoms with E-state index >= 15 is 0 Å². The first-order valence-corrected chi connectivity index (χ1v) is 21.1. The topological polar surface area (TPSA) is 176 Å². The van der Waals surface area contributed by atoms with E-state index < -0.39 is 35.5 Å². The number of hydrogen-bond donors (Lipinski definition) is 2. The maximum Gasteiger partial charge on any atom is 0.410 e. The Morgan fingerprint density at radius 2 is 1.68 bits per heavy atom. The lowest BCUT2D eigenvalue weighted by Gasteiger charge is -2.43. The van der Waals surface area contributed by atoms with Crippen LogP contribution in [0.3, 0.4) is 0 Å². The minimum absolute atomic E-state index is 0.0749. The molecular weight excluding hydrogens is 823 g/mol. The summed E-state index contributed by atoms with van der Waals surface area (Å²) in [4.78, 5) is 77.5. The highest BCUT2D eigenvalue weighted by atomic mass is 19.1. The third-order valence-corrected chi connectivity index (χ3v) is 10.8. The number of carbonyl (C=O) groups excluding carboxylic acids is 6. The maximum atomic E-state index is 14.7. The van der Waals surface area contributed by atoms with E-state index in [1.807, 2.05) is 35.2 Å². The molecule has 0 saturated carbocycles. The molecule has 5 amide bonds. The number of hydrogen-bond acceptors (Lipinski definition) is 12. The Labute approximate surface area is 366 Å². The Hall–Kier alpha value is -5.88. The summed E-state index contributed by atoms with van der Waals surface area (Å²) in [5.41, 5.74) is 1.02. The summed E-state index contributed by atoms with van der Waals surface area (Å²) in [6.07, 6.45) is 5.46. The van der Waals surface area contributed by atoms with Crippen molar-refractivity contribution in [2.45, 2.75) is 71.3 Å². The number of benzene rings is 2. The van der Waals surface area contributed by atoms with E-state index in [9.17, 15) is 37.5 Å². The second-order valence-corrected chi connectivity index (χ2v) is 16.6. The number of ether oxygens (including phenoxy) is 4. The van der Waals surface area contributed by atoms with Crippen LogP contribution in [0.5, 0.6) is 0 Å². The number of halogens is 2. The molecule has 2 saturated heterocycles. The molecule has 4 aliphatic rings. The van der Waals surface area contributed by atoms with Gasteiger partial charge in [0.05, 0.1) is 37.4 Å². The van der Waals surface area contributed by atoms with Gasteiger partial charge in [0.25, 0.3) is 17.7 Å². The quantitative estimate of drug-likeness (QED) is 0.151. The van der Waals surface area contributed by atoms with Crippen LogP contribution in [-0.2, 0) is 49.5 Å². The lowest BCUT2D eigenvalue weighted by Crippen LogP contribution is -2.58. The van der Waals surface area contributed by atoms with Crippen molar-refractivity contribution >= 4 is 41.4 Å². The molecule has 4 aliphatic heterocycles. The van der Waals surface area contributed by atoms with Crippen molar-refractivity contribution in [2.75, 3.05) is 66.3 Å². The Morgan fingerprint density at radius 1 is 0.984 bits per heavy atom. The van der Waals surface area contributed by atoms with E-state index in [4.69, 9.17) is 18.9 Å². The predicted octanol–water partition coefficient (Wildman–Crippen LogP) is 3.81. The van der Waals surface area contributed by atoms with Crippen molar-refractivity contribution in [3.8, 4) is 0 Å². The number of nitrogens with one attached hydrogen (secondary N) is 2. The minimum atomic E-state index is -0.560. The molecule has 0 aromatic heterocycles. The van der Waals surface area contributed by atoms with Gasteiger partial charge in [0.2, 0.25) is 5.91 Å². The molecule has 3 atom stereocenters. The van der Waals surface area contributed by atoms with Crippen molar-refractivity contribution in [1.82, 2.24) is 30.2 Å². The molecule has 0 bridgehead atoms. The zero-order valence-electron chi connectivity index (χ0n) is 36.5. The summed E-state index contributed by atoms with van der Waals surface area (Å²) in [7, 11) is 1.69. The fourth-order valence-electron chi connectivity index (χ4n) is 7.64. The molecule has 2 aromatic rings. The monoisotopic (exact) mass is 880 g/mol. The molecule has 3 unspecified atom stereocenters. The van der Waals surface area contributed by atoms with Gasteiger partial charge in [-0.15, -0.1) is 0 Å². The van der Waals surface area contributed by atoms with Gasteiger partial charge in [-0.25, -0.2) is 13.6 Å². The van der Waals surface area contributed by atoms with Crippen LogP contribution in [0.1, 0.15) is 58.1 Å². The molecule has 2 N–H and O–H groups in total. The summed E-state index contributed by atoms with van der Waals surface area (Å²) in [6, 6.07) is 12.8. The van der Waals surface area contributed by atoms with Gasteiger partial charge in [-0.1, -0.05) is 30.3 Å². The van der Waals surface area contributed by atoms with Crippen LogP contribution in [-0.4, -0.2) is 139 Å². The third kappa shape index (κ3) is 14.1. The zero-order valence-corrected chi connectivity index (χ0v) is 36.5. The summed E-state index contributed by atoms with van der Waals surface area (Å²) >= 11 is 0. The van der Waals surface area contributed by atoms with Gasteiger partial charge >= 0.3 is 12.1 Å². The molecule has 2 aromatic carbocycles. The average Bonchev–Trinajstić information content (AvgIpc) is 3.99.